The van der Waals surface area contributed by atoms with Gasteiger partial charge in [0.1, 0.15) is 34.2 Å². The molecule has 3 aromatic carbocycles. The van der Waals surface area contributed by atoms with E-state index >= 15 is 0 Å². The van der Waals surface area contributed by atoms with Crippen molar-refractivity contribution in [3.05, 3.63) is 227 Å². The quantitative estimate of drug-likeness (QED) is 0.109. The van der Waals surface area contributed by atoms with E-state index in [1.54, 1.807) is 46.0 Å². The summed E-state index contributed by atoms with van der Waals surface area (Å²) >= 11 is 0. The highest BCUT2D eigenvalue weighted by Crippen LogP contribution is 2.40. The van der Waals surface area contributed by atoms with E-state index in [1.165, 1.54) is 11.1 Å². The predicted octanol–water partition coefficient (Wildman–Crippen LogP) is 20.9. The molecule has 2 fully saturated rings. The number of benzene rings is 3. The van der Waals surface area contributed by atoms with Crippen LogP contribution in [0.15, 0.2) is 164 Å². The highest BCUT2D eigenvalue weighted by Gasteiger charge is 2.35. The van der Waals surface area contributed by atoms with Gasteiger partial charge in [0.05, 0.1) is 64.1 Å². The molecule has 4 aliphatic rings. The van der Waals surface area contributed by atoms with Crippen molar-refractivity contribution in [2.75, 3.05) is 54.2 Å². The number of hydrogen-bond acceptors (Lipinski definition) is 17. The van der Waals surface area contributed by atoms with Gasteiger partial charge in [-0.2, -0.15) is 0 Å². The summed E-state index contributed by atoms with van der Waals surface area (Å²) in [7, 11) is 4.94. The number of aromatic hydroxyl groups is 1. The Labute approximate surface area is 677 Å². The van der Waals surface area contributed by atoms with E-state index < -0.39 is 5.60 Å². The average Bonchev–Trinajstić information content (AvgIpc) is 1.30. The molecule has 2 N–H and O–H groups in total. The van der Waals surface area contributed by atoms with Crippen molar-refractivity contribution in [3.63, 3.8) is 0 Å². The van der Waals surface area contributed by atoms with Gasteiger partial charge >= 0.3 is 0 Å². The number of rotatable bonds is 13. The van der Waals surface area contributed by atoms with E-state index in [2.05, 4.69) is 180 Å². The number of phenols is 1. The molecule has 19 heteroatoms. The van der Waals surface area contributed by atoms with Crippen LogP contribution in [0, 0.1) is 18.8 Å². The number of amides is 2. The summed E-state index contributed by atoms with van der Waals surface area (Å²) in [6.45, 7) is 53.9. The Morgan fingerprint density at radius 3 is 1.61 bits per heavy atom. The molecule has 614 valence electrons. The zero-order chi connectivity index (χ0) is 84.1. The van der Waals surface area contributed by atoms with Crippen LogP contribution < -0.4 is 24.3 Å². The Bertz CT molecular complexity index is 4200. The summed E-state index contributed by atoms with van der Waals surface area (Å²) in [5.41, 5.74) is 11.6. The number of ether oxygens (including phenoxy) is 5. The number of morpholine rings is 1. The highest BCUT2D eigenvalue weighted by atomic mass is 16.5. The number of fused-ring (bicyclic) bond motifs is 3. The van der Waals surface area contributed by atoms with Crippen LogP contribution in [0.3, 0.4) is 0 Å². The summed E-state index contributed by atoms with van der Waals surface area (Å²) in [6, 6.07) is 44.3. The van der Waals surface area contributed by atoms with Crippen molar-refractivity contribution in [2.24, 2.45) is 11.8 Å². The molecular formula is C94H134N10O9. The van der Waals surface area contributed by atoms with Crippen LogP contribution in [0.2, 0.25) is 0 Å². The van der Waals surface area contributed by atoms with Gasteiger partial charge in [-0.25, -0.2) is 4.98 Å². The van der Waals surface area contributed by atoms with Gasteiger partial charge in [0.15, 0.2) is 5.78 Å². The normalized spacial score (nSPS) is 14.4. The number of aromatic nitrogens is 7. The van der Waals surface area contributed by atoms with Crippen molar-refractivity contribution in [3.8, 4) is 28.9 Å². The van der Waals surface area contributed by atoms with E-state index in [0.717, 1.165) is 114 Å². The molecule has 0 saturated carbocycles. The molecule has 9 aromatic rings. The maximum absolute atomic E-state index is 12.0. The monoisotopic (exact) mass is 1550 g/mol. The molecule has 0 aliphatic carbocycles. The lowest BCUT2D eigenvalue weighted by atomic mass is 9.90. The summed E-state index contributed by atoms with van der Waals surface area (Å²) < 4.78 is 26.0. The third-order valence-electron chi connectivity index (χ3n) is 18.8. The largest absolute Gasteiger partial charge is 0.507 e. The minimum atomic E-state index is -0.494. The maximum Gasteiger partial charge on any atom is 0.254 e. The molecule has 113 heavy (non-hydrogen) atoms. The second kappa shape index (κ2) is 49.0. The van der Waals surface area contributed by atoms with Gasteiger partial charge in [-0.15, -0.1) is 0 Å². The lowest BCUT2D eigenvalue weighted by Gasteiger charge is -2.32. The maximum atomic E-state index is 12.0. The first-order valence-electron chi connectivity index (χ1n) is 40.1. The van der Waals surface area contributed by atoms with Gasteiger partial charge < -0.3 is 39.0 Å². The Balaban J connectivity index is 0.000000266. The van der Waals surface area contributed by atoms with Gasteiger partial charge in [-0.1, -0.05) is 165 Å². The fraction of sp³-hybridized carbons (Fsp3) is 0.489. The third kappa shape index (κ3) is 33.9. The number of nitrogens with zero attached hydrogens (tertiary/aromatic N) is 9. The first kappa shape index (κ1) is 95.7. The fourth-order valence-corrected chi connectivity index (χ4v) is 11.5. The average molecular weight is 1550 g/mol. The van der Waals surface area contributed by atoms with Gasteiger partial charge in [0, 0.05) is 121 Å². The zero-order valence-electron chi connectivity index (χ0n) is 72.8. The third-order valence-corrected chi connectivity index (χ3v) is 18.8. The number of carbonyl (C=O) groups is 3. The van der Waals surface area contributed by atoms with Gasteiger partial charge in [0.25, 0.3) is 5.91 Å². The SMILES string of the molecule is CC(C)C1CNC(=O)C1.CC(C)N1CCOCC1.CC(C)N1Cc2ccccc2C1=O.CC(C)c1cc(O)c2c(c1)OC(C)(C)CC2=O.CC(C)c1ccc2ccccc2n1.CC(C)c1ccccn1.COc1ccc(C(C)C)nc1.COc1cccc(C(C)C)n1.COc1ccnc(C(C)C)c1.Cc1cncc(C(C)C)n1. The van der Waals surface area contributed by atoms with Crippen molar-refractivity contribution in [1.29, 1.82) is 0 Å². The first-order valence-corrected chi connectivity index (χ1v) is 40.1. The Hall–Kier alpha value is -9.72. The molecule has 10 heterocycles. The lowest BCUT2D eigenvalue weighted by Crippen LogP contribution is -2.40. The number of pyridine rings is 5. The number of ketones is 1. The molecule has 13 rings (SSSR count). The van der Waals surface area contributed by atoms with Crippen molar-refractivity contribution >= 4 is 28.5 Å². The van der Waals surface area contributed by atoms with E-state index in [9.17, 15) is 19.5 Å². The molecule has 19 nitrogen and oxygen atoms in total. The van der Waals surface area contributed by atoms with Crippen LogP contribution in [0.1, 0.15) is 278 Å². The molecule has 0 radical (unpaired) electrons. The molecule has 6 aromatic heterocycles. The molecule has 4 aliphatic heterocycles. The first-order chi connectivity index (χ1) is 53.5. The Morgan fingerprint density at radius 2 is 1.12 bits per heavy atom. The molecule has 1 unspecified atom stereocenters. The molecule has 2 saturated heterocycles. The van der Waals surface area contributed by atoms with Crippen LogP contribution in [0.5, 0.6) is 28.9 Å². The fourth-order valence-electron chi connectivity index (χ4n) is 11.5. The van der Waals surface area contributed by atoms with Crippen LogP contribution in [0.4, 0.5) is 0 Å². The topological polar surface area (TPSA) is 226 Å². The molecule has 0 spiro atoms. The minimum Gasteiger partial charge on any atom is -0.507 e. The van der Waals surface area contributed by atoms with Crippen LogP contribution in [-0.2, 0) is 16.1 Å². The predicted molar refractivity (Wildman–Crippen MR) is 460 cm³/mol. The number of carbonyl (C=O) groups excluding carboxylic acids is 3. The van der Waals surface area contributed by atoms with E-state index in [-0.39, 0.29) is 29.3 Å². The summed E-state index contributed by atoms with van der Waals surface area (Å²) in [5.74, 6) is 7.72. The number of Topliss-reactive ketones (excluding diaryl/α,β-unsaturated/α-hetero) is 1. The molecule has 0 bridgehead atoms. The smallest absolute Gasteiger partial charge is 0.254 e. The highest BCUT2D eigenvalue weighted by molar-refractivity contribution is 6.03. The zero-order valence-corrected chi connectivity index (χ0v) is 72.8. The van der Waals surface area contributed by atoms with Gasteiger partial charge in [-0.05, 0) is 180 Å². The molecule has 2 amide bonds. The van der Waals surface area contributed by atoms with E-state index in [4.69, 9.17) is 23.7 Å². The van der Waals surface area contributed by atoms with Crippen molar-refractivity contribution < 1.29 is 43.2 Å². The Kier molecular flexibility index (Phi) is 41.5. The summed E-state index contributed by atoms with van der Waals surface area (Å²) in [5, 5.41) is 14.0. The van der Waals surface area contributed by atoms with E-state index in [1.807, 2.05) is 169 Å². The molecular weight excluding hydrogens is 1410 g/mol. The van der Waals surface area contributed by atoms with Gasteiger partial charge in [-0.3, -0.25) is 49.2 Å². The lowest BCUT2D eigenvalue weighted by molar-refractivity contribution is -0.119. The molecule has 1 atom stereocenters. The number of phenolic OH excluding ortho intramolecular Hbond substituents is 1. The number of aryl methyl sites for hydroxylation is 1. The van der Waals surface area contributed by atoms with Crippen molar-refractivity contribution in [1.82, 2.24) is 50.0 Å². The second-order valence-corrected chi connectivity index (χ2v) is 32.0. The van der Waals surface area contributed by atoms with Crippen molar-refractivity contribution in [2.45, 2.75) is 238 Å². The Morgan fingerprint density at radius 1 is 0.531 bits per heavy atom. The second-order valence-electron chi connectivity index (χ2n) is 32.0. The summed E-state index contributed by atoms with van der Waals surface area (Å²) in [4.78, 5) is 68.5. The number of methoxy groups -OCH3 is 3. The van der Waals surface area contributed by atoms with Crippen LogP contribution >= 0.6 is 0 Å². The number of nitrogens with one attached hydrogen (secondary N) is 1. The van der Waals surface area contributed by atoms with E-state index in [0.29, 0.717) is 83.0 Å². The standard InChI is InChI=1S/C14H18O3.C12H13N.C11H13NO.3C9H13NO.C8H12N2.C8H11N.C7H15NO.C7H13NO/c1-8(2)9-5-10(15)13-11(16)7-14(3,4)17-12(13)6-9;1-9(2)11-8-7-10-5-3-4-6-12(10)13-11;1-8(2)12-7-9-5-3-4-6-10(9)11(12)13;1-7(2)9-6-8(11-3)4-5-10-9;1-7(2)9-5-4-8(11-3)6-10-9;1-7(2)8-5-4-6-9(10-8)11-3;1-6(2)8-5-9-4-7(3)10-8;1-7(2)8-5-3-4-6-9-8;1-7(2)8-3-5-9-6-4-8;1-5(2)6-3-7(9)8-4-6/h5-6,8,15H,7H2,1-4H3;3-9H,1-2H3;3-6,8H,7H2,1-2H3;3*4-7H,1-3H3;4-6H,1-3H3;3-7H,1-2H3;7H,3-6H2,1-2H3;5-6H,3-4H2,1-2H3,(H,8,9). The minimum absolute atomic E-state index is 0.0340. The van der Waals surface area contributed by atoms with Crippen LogP contribution in [0.25, 0.3) is 10.9 Å². The summed E-state index contributed by atoms with van der Waals surface area (Å²) in [6.07, 6.45) is 9.97. The van der Waals surface area contributed by atoms with Crippen LogP contribution in [-0.4, -0.2) is 139 Å². The number of hydrogen-bond donors (Lipinski definition) is 2. The van der Waals surface area contributed by atoms with Gasteiger partial charge in [0.2, 0.25) is 11.8 Å². The number of para-hydroxylation sites is 1.